The minimum atomic E-state index is -0.268. The minimum absolute atomic E-state index is 0.121. The van der Waals surface area contributed by atoms with Gasteiger partial charge in [0.05, 0.1) is 13.2 Å². The van der Waals surface area contributed by atoms with Gasteiger partial charge in [-0.3, -0.25) is 9.69 Å². The summed E-state index contributed by atoms with van der Waals surface area (Å²) < 4.78 is 12.5. The molecule has 4 aliphatic rings. The number of benzene rings is 2. The Morgan fingerprint density at radius 2 is 2.13 bits per heavy atom. The Balaban J connectivity index is 1.38. The van der Waals surface area contributed by atoms with Crippen LogP contribution in [-0.2, 0) is 16.6 Å². The zero-order chi connectivity index (χ0) is 26.8. The van der Waals surface area contributed by atoms with Crippen molar-refractivity contribution in [1.29, 1.82) is 0 Å². The Kier molecular flexibility index (Phi) is 5.96. The van der Waals surface area contributed by atoms with Crippen molar-refractivity contribution in [3.05, 3.63) is 64.7 Å². The highest BCUT2D eigenvalue weighted by atomic mass is 16.5. The SMILES string of the molecule is C=CCN1CC[C@]23c4c5c(O)cc(OC)c4O[C@H]2[C@@H](N(C)C(=O)C#Cc2ccc(C)c(C)c2)CC[C@H]3[C@H]1C5. The number of amides is 1. The van der Waals surface area contributed by atoms with Crippen LogP contribution in [0.5, 0.6) is 17.2 Å². The van der Waals surface area contributed by atoms with Gasteiger partial charge in [-0.05, 0) is 75.3 Å². The molecule has 2 bridgehead atoms. The summed E-state index contributed by atoms with van der Waals surface area (Å²) in [6, 6.07) is 7.89. The number of carbonyl (C=O) groups is 1. The van der Waals surface area contributed by atoms with Crippen molar-refractivity contribution in [1.82, 2.24) is 9.80 Å². The van der Waals surface area contributed by atoms with Crippen LogP contribution in [-0.4, -0.2) is 66.2 Å². The molecule has 1 N–H and O–H groups in total. The number of likely N-dealkylation sites (tertiary alicyclic amines) is 1. The van der Waals surface area contributed by atoms with Gasteiger partial charge < -0.3 is 19.5 Å². The number of aromatic hydroxyl groups is 1. The summed E-state index contributed by atoms with van der Waals surface area (Å²) in [4.78, 5) is 17.7. The van der Waals surface area contributed by atoms with Gasteiger partial charge in [0.15, 0.2) is 11.5 Å². The van der Waals surface area contributed by atoms with Crippen molar-refractivity contribution in [2.45, 2.75) is 63.1 Å². The highest BCUT2D eigenvalue weighted by Gasteiger charge is 2.66. The number of aryl methyl sites for hydroxylation is 2. The maximum absolute atomic E-state index is 13.4. The van der Waals surface area contributed by atoms with Crippen molar-refractivity contribution < 1.29 is 19.4 Å². The maximum atomic E-state index is 13.4. The van der Waals surface area contributed by atoms with Gasteiger partial charge in [0.25, 0.3) is 5.91 Å². The lowest BCUT2D eigenvalue weighted by atomic mass is 9.51. The molecule has 1 saturated heterocycles. The molecule has 2 heterocycles. The molecule has 0 unspecified atom stereocenters. The number of phenols is 1. The van der Waals surface area contributed by atoms with E-state index in [1.807, 2.05) is 31.3 Å². The fraction of sp³-hybridized carbons (Fsp3) is 0.469. The quantitative estimate of drug-likeness (QED) is 0.493. The smallest absolute Gasteiger partial charge is 0.298 e. The average molecular weight is 513 g/mol. The van der Waals surface area contributed by atoms with Crippen LogP contribution in [0.1, 0.15) is 47.1 Å². The number of likely N-dealkylation sites (N-methyl/N-ethyl adjacent to an activating group) is 1. The van der Waals surface area contributed by atoms with E-state index in [1.54, 1.807) is 18.1 Å². The zero-order valence-corrected chi connectivity index (χ0v) is 22.7. The Labute approximate surface area is 225 Å². The van der Waals surface area contributed by atoms with Gasteiger partial charge in [-0.1, -0.05) is 18.1 Å². The molecule has 1 amide bonds. The number of hydrogen-bond acceptors (Lipinski definition) is 5. The van der Waals surface area contributed by atoms with Crippen LogP contribution in [0.2, 0.25) is 0 Å². The standard InChI is InChI=1S/C32H36N2O4/c1-6-14-34-15-13-32-23-10-11-24(33(4)28(36)12-9-21-8-7-19(2)20(3)16-21)31(32)38-30-27(37-5)18-26(35)22(29(30)32)17-25(23)34/h6-8,16,18,23-25,31,35H,1,10-11,13-15,17H2,2-5H3/t23-,24-,25+,31-,32-/m0/s1. The molecule has 1 saturated carbocycles. The molecule has 0 aromatic heterocycles. The molecular formula is C32H36N2O4. The summed E-state index contributed by atoms with van der Waals surface area (Å²) in [5, 5.41) is 11.1. The molecule has 6 nitrogen and oxygen atoms in total. The average Bonchev–Trinajstić information content (AvgIpc) is 3.25. The van der Waals surface area contributed by atoms with E-state index in [1.165, 1.54) is 5.56 Å². The van der Waals surface area contributed by atoms with Crippen molar-refractivity contribution in [3.63, 3.8) is 0 Å². The molecule has 2 aliphatic carbocycles. The summed E-state index contributed by atoms with van der Waals surface area (Å²) >= 11 is 0. The third-order valence-electron chi connectivity index (χ3n) is 9.71. The lowest BCUT2D eigenvalue weighted by Crippen LogP contribution is -2.68. The van der Waals surface area contributed by atoms with E-state index in [4.69, 9.17) is 9.47 Å². The largest absolute Gasteiger partial charge is 0.508 e. The van der Waals surface area contributed by atoms with Crippen LogP contribution in [0.4, 0.5) is 0 Å². The molecule has 6 heteroatoms. The van der Waals surface area contributed by atoms with Crippen molar-refractivity contribution in [3.8, 4) is 29.1 Å². The highest BCUT2D eigenvalue weighted by Crippen LogP contribution is 2.65. The Morgan fingerprint density at radius 3 is 2.87 bits per heavy atom. The molecule has 2 aliphatic heterocycles. The first-order chi connectivity index (χ1) is 18.3. The molecule has 2 aromatic rings. The van der Waals surface area contributed by atoms with E-state index in [-0.39, 0.29) is 29.2 Å². The summed E-state index contributed by atoms with van der Waals surface area (Å²) in [7, 11) is 3.47. The first-order valence-electron chi connectivity index (χ1n) is 13.6. The molecule has 38 heavy (non-hydrogen) atoms. The number of rotatable bonds is 4. The van der Waals surface area contributed by atoms with Gasteiger partial charge >= 0.3 is 0 Å². The second-order valence-electron chi connectivity index (χ2n) is 11.4. The number of ether oxygens (including phenoxy) is 2. The van der Waals surface area contributed by atoms with Crippen LogP contribution in [0.25, 0.3) is 0 Å². The maximum Gasteiger partial charge on any atom is 0.298 e. The lowest BCUT2D eigenvalue weighted by Gasteiger charge is -2.60. The van der Waals surface area contributed by atoms with E-state index in [0.29, 0.717) is 17.7 Å². The summed E-state index contributed by atoms with van der Waals surface area (Å²) in [5.74, 6) is 7.73. The van der Waals surface area contributed by atoms with E-state index < -0.39 is 0 Å². The normalized spacial score (nSPS) is 28.4. The molecule has 0 radical (unpaired) electrons. The molecule has 198 valence electrons. The number of hydrogen-bond donors (Lipinski definition) is 1. The zero-order valence-electron chi connectivity index (χ0n) is 22.7. The lowest BCUT2D eigenvalue weighted by molar-refractivity contribution is -0.134. The third-order valence-corrected chi connectivity index (χ3v) is 9.71. The van der Waals surface area contributed by atoms with Crippen LogP contribution < -0.4 is 9.47 Å². The Morgan fingerprint density at radius 1 is 1.32 bits per heavy atom. The van der Waals surface area contributed by atoms with Crippen molar-refractivity contribution >= 4 is 5.91 Å². The Bertz CT molecular complexity index is 1390. The number of nitrogens with zero attached hydrogens (tertiary/aromatic N) is 2. The van der Waals surface area contributed by atoms with Gasteiger partial charge in [0.2, 0.25) is 0 Å². The topological polar surface area (TPSA) is 62.2 Å². The molecule has 6 rings (SSSR count). The van der Waals surface area contributed by atoms with Gasteiger partial charge in [0, 0.05) is 53.7 Å². The van der Waals surface area contributed by atoms with Crippen molar-refractivity contribution in [2.24, 2.45) is 5.92 Å². The highest BCUT2D eigenvalue weighted by molar-refractivity contribution is 5.94. The third kappa shape index (κ3) is 3.48. The fourth-order valence-corrected chi connectivity index (χ4v) is 7.78. The number of methoxy groups -OCH3 is 1. The second-order valence-corrected chi connectivity index (χ2v) is 11.4. The summed E-state index contributed by atoms with van der Waals surface area (Å²) in [6.45, 7) is 9.87. The van der Waals surface area contributed by atoms with E-state index in [9.17, 15) is 9.90 Å². The number of phenolic OH excluding ortho intramolecular Hbond substituents is 1. The monoisotopic (exact) mass is 512 g/mol. The van der Waals surface area contributed by atoms with Crippen LogP contribution in [0.3, 0.4) is 0 Å². The first kappa shape index (κ1) is 24.9. The fourth-order valence-electron chi connectivity index (χ4n) is 7.78. The molecule has 2 aromatic carbocycles. The van der Waals surface area contributed by atoms with E-state index in [0.717, 1.165) is 66.8 Å². The van der Waals surface area contributed by atoms with Crippen molar-refractivity contribution in [2.75, 3.05) is 27.2 Å². The van der Waals surface area contributed by atoms with Gasteiger partial charge in [-0.2, -0.15) is 0 Å². The predicted molar refractivity (Wildman–Crippen MR) is 147 cm³/mol. The molecule has 1 spiro atoms. The minimum Gasteiger partial charge on any atom is -0.508 e. The van der Waals surface area contributed by atoms with Crippen LogP contribution >= 0.6 is 0 Å². The Hall–Kier alpha value is -3.43. The molecular weight excluding hydrogens is 476 g/mol. The summed E-state index contributed by atoms with van der Waals surface area (Å²) in [6.07, 6.45) is 5.29. The number of carbonyl (C=O) groups excluding carboxylic acids is 1. The summed E-state index contributed by atoms with van der Waals surface area (Å²) in [5.41, 5.74) is 5.04. The molecule has 5 atom stereocenters. The van der Waals surface area contributed by atoms with Gasteiger partial charge in [0.1, 0.15) is 11.9 Å². The van der Waals surface area contributed by atoms with Crippen LogP contribution in [0.15, 0.2) is 36.9 Å². The van der Waals surface area contributed by atoms with Gasteiger partial charge in [-0.15, -0.1) is 6.58 Å². The number of piperidine rings is 1. The van der Waals surface area contributed by atoms with Gasteiger partial charge in [-0.25, -0.2) is 0 Å². The first-order valence-corrected chi connectivity index (χ1v) is 13.6. The van der Waals surface area contributed by atoms with E-state index >= 15 is 0 Å². The predicted octanol–water partition coefficient (Wildman–Crippen LogP) is 4.12. The molecule has 2 fully saturated rings. The van der Waals surface area contributed by atoms with E-state index in [2.05, 4.69) is 37.2 Å². The second kappa shape index (κ2) is 9.10. The van der Waals surface area contributed by atoms with Crippen LogP contribution in [0, 0.1) is 31.6 Å².